The van der Waals surface area contributed by atoms with Crippen LogP contribution in [-0.4, -0.2) is 126 Å². The fourth-order valence-electron chi connectivity index (χ4n) is 10.5. The van der Waals surface area contributed by atoms with Gasteiger partial charge in [-0.05, 0) is 165 Å². The van der Waals surface area contributed by atoms with Crippen molar-refractivity contribution in [3.63, 3.8) is 0 Å². The highest BCUT2D eigenvalue weighted by molar-refractivity contribution is 5.96. The molecular weight excluding hydrogens is 941 g/mol. The molecular formula is C56H70N10O8. The van der Waals surface area contributed by atoms with Crippen molar-refractivity contribution < 1.29 is 38.5 Å². The lowest BCUT2D eigenvalue weighted by molar-refractivity contribution is -0.0386. The first-order chi connectivity index (χ1) is 35.1. The van der Waals surface area contributed by atoms with E-state index in [0.717, 1.165) is 120 Å². The molecule has 10 rings (SSSR count). The highest BCUT2D eigenvalue weighted by Crippen LogP contribution is 2.56. The highest BCUT2D eigenvalue weighted by Gasteiger charge is 2.56. The van der Waals surface area contributed by atoms with Crippen LogP contribution in [0.3, 0.4) is 0 Å². The molecule has 4 amide bonds. The van der Waals surface area contributed by atoms with Crippen LogP contribution in [0, 0.1) is 0 Å². The van der Waals surface area contributed by atoms with E-state index in [-0.39, 0.29) is 24.3 Å². The average molecular weight is 1010 g/mol. The van der Waals surface area contributed by atoms with E-state index in [2.05, 4.69) is 27.4 Å². The monoisotopic (exact) mass is 1010 g/mol. The summed E-state index contributed by atoms with van der Waals surface area (Å²) in [6.45, 7) is 12.7. The van der Waals surface area contributed by atoms with Crippen LogP contribution in [0.25, 0.3) is 44.3 Å². The van der Waals surface area contributed by atoms with E-state index < -0.39 is 34.4 Å². The number of nitrogens with one attached hydrogen (secondary N) is 1. The van der Waals surface area contributed by atoms with Crippen LogP contribution in [0.2, 0.25) is 0 Å². The predicted octanol–water partition coefficient (Wildman–Crippen LogP) is 10.3. The van der Waals surface area contributed by atoms with Crippen LogP contribution in [-0.2, 0) is 25.3 Å². The topological polar surface area (TPSA) is 199 Å². The Labute approximate surface area is 432 Å². The largest absolute Gasteiger partial charge is 0.465 e. The Kier molecular flexibility index (Phi) is 14.1. The van der Waals surface area contributed by atoms with Gasteiger partial charge >= 0.3 is 12.2 Å². The van der Waals surface area contributed by atoms with Gasteiger partial charge in [-0.3, -0.25) is 24.5 Å². The fraction of sp³-hybridized carbons (Fsp3) is 0.500. The first-order valence-electron chi connectivity index (χ1n) is 25.8. The smallest absolute Gasteiger partial charge is 0.408 e. The number of aromatic nitrogens is 6. The standard InChI is InChI=1S/2C28H35N5O4/c1-27(2,3)37-26(35)30-28(11-12-28)20-15-18(16-21-19(20)9-8-13-29-21)23-17-22(25(34)32(4)5)31-33(23)24-10-6-7-14-36-24;1-27(2,3)33(26(35)36)28(11-12-28)20-15-18(16-21-19(20)9-8-13-29-21)23-17-22(25(34)31(4)5)30-32(23)24-10-6-7-14-37-24/h8-9,13,15-17,24H,6-7,10-12,14H2,1-5H3,(H,30,35);8-9,13,15-17,24H,6-7,10-12,14H2,1-5H3,(H,35,36). The van der Waals surface area contributed by atoms with Crippen molar-refractivity contribution in [3.05, 3.63) is 95.6 Å². The molecule has 0 spiro atoms. The fourth-order valence-corrected chi connectivity index (χ4v) is 10.5. The van der Waals surface area contributed by atoms with E-state index in [9.17, 15) is 24.3 Å². The van der Waals surface area contributed by atoms with Gasteiger partial charge in [-0.25, -0.2) is 19.0 Å². The van der Waals surface area contributed by atoms with Crippen molar-refractivity contribution in [1.29, 1.82) is 0 Å². The van der Waals surface area contributed by atoms with Crippen LogP contribution < -0.4 is 5.32 Å². The number of alkyl carbamates (subject to hydrolysis) is 1. The molecule has 0 radical (unpaired) electrons. The first kappa shape index (κ1) is 52.0. The molecule has 2 aliphatic heterocycles. The third-order valence-corrected chi connectivity index (χ3v) is 14.1. The first-order valence-corrected chi connectivity index (χ1v) is 25.8. The summed E-state index contributed by atoms with van der Waals surface area (Å²) in [6.07, 6.45) is 10.4. The van der Waals surface area contributed by atoms with Gasteiger partial charge in [0.1, 0.15) is 5.60 Å². The average Bonchev–Trinajstić information content (AvgIpc) is 4.23. The molecule has 4 aromatic heterocycles. The second kappa shape index (κ2) is 20.1. The summed E-state index contributed by atoms with van der Waals surface area (Å²) in [5, 5.41) is 24.7. The number of hydrogen-bond acceptors (Lipinski definition) is 11. The summed E-state index contributed by atoms with van der Waals surface area (Å²) in [5.74, 6) is -0.349. The highest BCUT2D eigenvalue weighted by atomic mass is 16.6. The number of carbonyl (C=O) groups excluding carboxylic acids is 3. The van der Waals surface area contributed by atoms with E-state index in [1.54, 1.807) is 45.5 Å². The second-order valence-corrected chi connectivity index (χ2v) is 22.5. The summed E-state index contributed by atoms with van der Waals surface area (Å²) in [4.78, 5) is 64.9. The van der Waals surface area contributed by atoms with E-state index in [0.29, 0.717) is 24.6 Å². The van der Waals surface area contributed by atoms with E-state index in [1.165, 1.54) is 9.80 Å². The van der Waals surface area contributed by atoms with Gasteiger partial charge in [0, 0.05) is 81.2 Å². The molecule has 6 aromatic rings. The molecule has 74 heavy (non-hydrogen) atoms. The second-order valence-electron chi connectivity index (χ2n) is 22.5. The molecule has 392 valence electrons. The van der Waals surface area contributed by atoms with Crippen LogP contribution in [0.15, 0.2) is 73.1 Å². The number of rotatable bonds is 10. The quantitative estimate of drug-likeness (QED) is 0.132. The van der Waals surface area contributed by atoms with Gasteiger partial charge in [-0.15, -0.1) is 0 Å². The molecule has 4 aliphatic rings. The number of fused-ring (bicyclic) bond motifs is 2. The summed E-state index contributed by atoms with van der Waals surface area (Å²) >= 11 is 0. The number of nitrogens with zero attached hydrogens (tertiary/aromatic N) is 9. The zero-order chi connectivity index (χ0) is 52.9. The lowest BCUT2D eigenvalue weighted by Crippen LogP contribution is -2.51. The van der Waals surface area contributed by atoms with Crippen molar-refractivity contribution in [2.75, 3.05) is 41.4 Å². The van der Waals surface area contributed by atoms with Crippen molar-refractivity contribution >= 4 is 45.8 Å². The van der Waals surface area contributed by atoms with E-state index in [1.807, 2.05) is 99.4 Å². The zero-order valence-corrected chi connectivity index (χ0v) is 44.4. The Hall–Kier alpha value is -6.92. The molecule has 2 atom stereocenters. The minimum Gasteiger partial charge on any atom is -0.465 e. The van der Waals surface area contributed by atoms with Crippen LogP contribution in [0.1, 0.15) is 150 Å². The molecule has 2 aromatic carbocycles. The number of ether oxygens (including phenoxy) is 3. The molecule has 0 bridgehead atoms. The summed E-state index contributed by atoms with van der Waals surface area (Å²) < 4.78 is 21.4. The lowest BCUT2D eigenvalue weighted by atomic mass is 9.91. The van der Waals surface area contributed by atoms with Gasteiger partial charge < -0.3 is 34.4 Å². The molecule has 6 heterocycles. The Morgan fingerprint density at radius 1 is 0.676 bits per heavy atom. The van der Waals surface area contributed by atoms with Gasteiger partial charge in [0.05, 0.1) is 33.5 Å². The Balaban J connectivity index is 0.000000182. The number of amides is 4. The molecule has 4 fully saturated rings. The number of carboxylic acid groups (broad SMARTS) is 1. The van der Waals surface area contributed by atoms with Crippen LogP contribution in [0.5, 0.6) is 0 Å². The Morgan fingerprint density at radius 2 is 1.15 bits per heavy atom. The third-order valence-electron chi connectivity index (χ3n) is 14.1. The van der Waals surface area contributed by atoms with Crippen LogP contribution >= 0.6 is 0 Å². The summed E-state index contributed by atoms with van der Waals surface area (Å²) in [7, 11) is 6.85. The van der Waals surface area contributed by atoms with Gasteiger partial charge in [-0.1, -0.05) is 12.1 Å². The Bertz CT molecular complexity index is 3090. The molecule has 2 N–H and O–H groups in total. The summed E-state index contributed by atoms with van der Waals surface area (Å²) in [6, 6.07) is 19.6. The van der Waals surface area contributed by atoms with E-state index in [4.69, 9.17) is 24.4 Å². The third kappa shape index (κ3) is 10.6. The van der Waals surface area contributed by atoms with Crippen LogP contribution in [0.4, 0.5) is 9.59 Å². The molecule has 2 aliphatic carbocycles. The van der Waals surface area contributed by atoms with Gasteiger partial charge in [0.15, 0.2) is 23.8 Å². The SMILES string of the molecule is CN(C)C(=O)c1cc(-c2cc(C3(N(C(=O)O)C(C)(C)C)CC3)c3cccnc3c2)n(C2CCCCO2)n1.CN(C)C(=O)c1cc(-c2cc(C3(NC(=O)OC(C)(C)C)CC3)c3cccnc3c2)n(C2CCCCO2)n1. The van der Waals surface area contributed by atoms with Crippen molar-refractivity contribution in [3.8, 4) is 22.5 Å². The lowest BCUT2D eigenvalue weighted by Gasteiger charge is -2.41. The maximum Gasteiger partial charge on any atom is 0.408 e. The maximum atomic E-state index is 12.9. The van der Waals surface area contributed by atoms with Crippen molar-refractivity contribution in [2.45, 2.75) is 140 Å². The minimum absolute atomic E-state index is 0.166. The van der Waals surface area contributed by atoms with Gasteiger partial charge in [0.2, 0.25) is 0 Å². The molecule has 18 heteroatoms. The predicted molar refractivity (Wildman–Crippen MR) is 280 cm³/mol. The number of carbonyl (C=O) groups is 4. The number of hydrogen-bond donors (Lipinski definition) is 2. The molecule has 18 nitrogen and oxygen atoms in total. The zero-order valence-electron chi connectivity index (χ0n) is 44.4. The summed E-state index contributed by atoms with van der Waals surface area (Å²) in [5.41, 5.74) is 5.13. The number of pyridine rings is 2. The Morgan fingerprint density at radius 3 is 1.54 bits per heavy atom. The van der Waals surface area contributed by atoms with Gasteiger partial charge in [-0.2, -0.15) is 10.2 Å². The minimum atomic E-state index is -0.938. The molecule has 2 unspecified atom stereocenters. The van der Waals surface area contributed by atoms with Crippen molar-refractivity contribution in [1.82, 2.24) is 49.5 Å². The molecule has 2 saturated carbocycles. The number of benzene rings is 2. The van der Waals surface area contributed by atoms with Crippen molar-refractivity contribution in [2.24, 2.45) is 0 Å². The normalized spacial score (nSPS) is 18.9. The molecule has 2 saturated heterocycles. The van der Waals surface area contributed by atoms with Gasteiger partial charge in [0.25, 0.3) is 11.8 Å². The van der Waals surface area contributed by atoms with E-state index >= 15 is 0 Å². The maximum absolute atomic E-state index is 12.9.